The molecule has 23 heteroatoms. The van der Waals surface area contributed by atoms with Crippen LogP contribution in [0.1, 0.15) is 27.0 Å². The first-order valence-electron chi connectivity index (χ1n) is 10.8. The van der Waals surface area contributed by atoms with Gasteiger partial charge in [-0.2, -0.15) is 8.62 Å². The number of amides is 1. The monoisotopic (exact) mass is 641 g/mol. The molecule has 39 heavy (non-hydrogen) atoms. The maximum Gasteiger partial charge on any atom is 0.490 e. The van der Waals surface area contributed by atoms with Gasteiger partial charge in [0.05, 0.1) is 6.61 Å². The molecule has 7 N–H and O–H groups in total. The Morgan fingerprint density at radius 3 is 2.18 bits per heavy atom. The van der Waals surface area contributed by atoms with E-state index >= 15 is 0 Å². The van der Waals surface area contributed by atoms with Crippen LogP contribution < -0.4 is 17.0 Å². The lowest BCUT2D eigenvalue weighted by atomic mass is 10.1. The summed E-state index contributed by atoms with van der Waals surface area (Å²) in [5.41, 5.74) is 3.49. The fraction of sp³-hybridized carbons (Fsp3) is 0.688. The number of phosphoric ester groups is 1. The van der Waals surface area contributed by atoms with Gasteiger partial charge in [-0.15, -0.1) is 0 Å². The van der Waals surface area contributed by atoms with Crippen molar-refractivity contribution in [2.24, 2.45) is 5.73 Å². The largest absolute Gasteiger partial charge is 0.490 e. The minimum absolute atomic E-state index is 0.443. The van der Waals surface area contributed by atoms with Crippen molar-refractivity contribution in [1.82, 2.24) is 9.55 Å². The van der Waals surface area contributed by atoms with Crippen LogP contribution in [-0.4, -0.2) is 68.5 Å². The second-order valence-corrected chi connectivity index (χ2v) is 18.9. The maximum atomic E-state index is 12.5. The van der Waals surface area contributed by atoms with E-state index in [2.05, 4.69) is 8.62 Å². The van der Waals surface area contributed by atoms with Crippen LogP contribution in [0.5, 0.6) is 0 Å². The number of phosphoric acid groups is 3. The Balaban J connectivity index is 2.46. The predicted octanol–water partition coefficient (Wildman–Crippen LogP) is 0.632. The van der Waals surface area contributed by atoms with Gasteiger partial charge >= 0.3 is 35.3 Å². The molecule has 2 heterocycles. The van der Waals surface area contributed by atoms with Gasteiger partial charge in [0, 0.05) is 12.3 Å². The molecular weight excluding hydrogens is 611 g/mol. The third-order valence-electron chi connectivity index (χ3n) is 5.72. The van der Waals surface area contributed by atoms with Crippen LogP contribution in [0.15, 0.2) is 21.9 Å². The number of nitrogens with zero attached hydrogens (tertiary/aromatic N) is 1. The summed E-state index contributed by atoms with van der Waals surface area (Å²) in [6, 6.07) is 0.967. The number of rotatable bonds is 11. The lowest BCUT2D eigenvalue weighted by molar-refractivity contribution is -0.0553. The minimum Gasteiger partial charge on any atom is -0.439 e. The van der Waals surface area contributed by atoms with Crippen molar-refractivity contribution in [2.75, 3.05) is 6.61 Å². The van der Waals surface area contributed by atoms with E-state index in [9.17, 15) is 37.9 Å². The topological polar surface area (TPSA) is 285 Å². The van der Waals surface area contributed by atoms with Crippen molar-refractivity contribution in [3.05, 3.63) is 33.1 Å². The standard InChI is InChI=1S/C16H30N3O16P3Si/c1-16(2,3)39(4,5)33-11-9(8-30-37(26,27)35-38(28,29)34-36(23,24)25)31-13(12(11)32-14(17)21)19-7-6-10(20)18-15(19)22/h6-7,9,11-13H,8H2,1-5H3,(H2,17,21)(H,26,27)(H,28,29)(H,18,20,22)(H2,23,24,25)/t9-,11-,12-,13-/m1/s1. The van der Waals surface area contributed by atoms with E-state index < -0.39 is 85.3 Å². The molecule has 0 spiro atoms. The molecule has 2 rings (SSSR count). The van der Waals surface area contributed by atoms with Crippen LogP contribution in [0.4, 0.5) is 4.79 Å². The van der Waals surface area contributed by atoms with E-state index in [-0.39, 0.29) is 0 Å². The number of ether oxygens (including phenoxy) is 2. The fourth-order valence-corrected chi connectivity index (χ4v) is 7.43. The summed E-state index contributed by atoms with van der Waals surface area (Å²) in [4.78, 5) is 74.3. The second-order valence-electron chi connectivity index (χ2n) is 9.71. The zero-order valence-electron chi connectivity index (χ0n) is 21.2. The molecular formula is C16H30N3O16P3Si. The molecule has 0 aliphatic carbocycles. The second kappa shape index (κ2) is 11.8. The molecule has 0 saturated carbocycles. The number of aromatic amines is 1. The van der Waals surface area contributed by atoms with Crippen LogP contribution in [-0.2, 0) is 40.7 Å². The molecule has 1 amide bonds. The van der Waals surface area contributed by atoms with E-state index in [1.54, 1.807) is 13.1 Å². The van der Waals surface area contributed by atoms with Gasteiger partial charge in [-0.05, 0) is 18.1 Å². The average Bonchev–Trinajstić information content (AvgIpc) is 2.99. The Hall–Kier alpha value is -1.50. The molecule has 1 aliphatic rings. The Labute approximate surface area is 221 Å². The van der Waals surface area contributed by atoms with Crippen molar-refractivity contribution in [2.45, 2.75) is 63.4 Å². The van der Waals surface area contributed by atoms with Gasteiger partial charge in [-0.25, -0.2) is 23.3 Å². The molecule has 1 saturated heterocycles. The number of primary amides is 1. The van der Waals surface area contributed by atoms with Gasteiger partial charge < -0.3 is 39.2 Å². The first-order valence-corrected chi connectivity index (χ1v) is 18.3. The van der Waals surface area contributed by atoms with Gasteiger partial charge in [0.15, 0.2) is 20.6 Å². The van der Waals surface area contributed by atoms with Crippen LogP contribution >= 0.6 is 23.5 Å². The van der Waals surface area contributed by atoms with Gasteiger partial charge in [0.2, 0.25) is 0 Å². The third-order valence-corrected chi connectivity index (χ3v) is 14.0. The lowest BCUT2D eigenvalue weighted by Crippen LogP contribution is -2.51. The Kier molecular flexibility index (Phi) is 10.2. The highest BCUT2D eigenvalue weighted by Crippen LogP contribution is 2.66. The first-order chi connectivity index (χ1) is 17.4. The fourth-order valence-electron chi connectivity index (χ4n) is 3.08. The van der Waals surface area contributed by atoms with Gasteiger partial charge in [0.25, 0.3) is 5.56 Å². The summed E-state index contributed by atoms with van der Waals surface area (Å²) in [7, 11) is -19.8. The molecule has 1 aromatic heterocycles. The summed E-state index contributed by atoms with van der Waals surface area (Å²) in [5, 5.41) is -0.443. The van der Waals surface area contributed by atoms with E-state index in [0.29, 0.717) is 0 Å². The van der Waals surface area contributed by atoms with E-state index in [1.807, 2.05) is 25.8 Å². The van der Waals surface area contributed by atoms with Crippen molar-refractivity contribution in [3.63, 3.8) is 0 Å². The van der Waals surface area contributed by atoms with Crippen molar-refractivity contribution in [1.29, 1.82) is 0 Å². The highest BCUT2D eigenvalue weighted by molar-refractivity contribution is 7.66. The molecule has 1 aliphatic heterocycles. The molecule has 6 atom stereocenters. The molecule has 0 bridgehead atoms. The van der Waals surface area contributed by atoms with Gasteiger partial charge in [0.1, 0.15) is 12.2 Å². The summed E-state index contributed by atoms with van der Waals surface area (Å²) < 4.78 is 64.9. The number of carbonyl (C=O) groups excluding carboxylic acids is 1. The molecule has 1 fully saturated rings. The number of carbonyl (C=O) groups is 1. The lowest BCUT2D eigenvalue weighted by Gasteiger charge is -2.40. The quantitative estimate of drug-likeness (QED) is 0.143. The molecule has 1 aromatic rings. The maximum absolute atomic E-state index is 12.5. The number of nitrogens with two attached hydrogens (primary N) is 1. The summed E-state index contributed by atoms with van der Waals surface area (Å²) >= 11 is 0. The minimum atomic E-state index is -5.80. The average molecular weight is 641 g/mol. The number of hydrogen-bond acceptors (Lipinski definition) is 12. The van der Waals surface area contributed by atoms with Crippen LogP contribution in [0.25, 0.3) is 0 Å². The van der Waals surface area contributed by atoms with E-state index in [0.717, 1.165) is 16.8 Å². The molecule has 0 radical (unpaired) electrons. The Morgan fingerprint density at radius 1 is 1.10 bits per heavy atom. The molecule has 0 aromatic carbocycles. The Morgan fingerprint density at radius 2 is 1.69 bits per heavy atom. The predicted molar refractivity (Wildman–Crippen MR) is 132 cm³/mol. The van der Waals surface area contributed by atoms with E-state index in [1.165, 1.54) is 0 Å². The number of hydrogen-bond donors (Lipinski definition) is 6. The van der Waals surface area contributed by atoms with Crippen molar-refractivity contribution >= 4 is 37.9 Å². The third kappa shape index (κ3) is 9.53. The summed E-state index contributed by atoms with van der Waals surface area (Å²) in [5.74, 6) is 0. The zero-order chi connectivity index (χ0) is 30.2. The summed E-state index contributed by atoms with van der Waals surface area (Å²) in [6.07, 6.45) is -6.03. The zero-order valence-corrected chi connectivity index (χ0v) is 24.9. The molecule has 19 nitrogen and oxygen atoms in total. The Bertz CT molecular complexity index is 1320. The van der Waals surface area contributed by atoms with Crippen molar-refractivity contribution in [3.8, 4) is 0 Å². The number of nitrogens with one attached hydrogen (secondary N) is 1. The summed E-state index contributed by atoms with van der Waals surface area (Å²) in [6.45, 7) is 8.22. The van der Waals surface area contributed by atoms with E-state index in [4.69, 9.17) is 33.9 Å². The molecule has 2 unspecified atom stereocenters. The smallest absolute Gasteiger partial charge is 0.439 e. The van der Waals surface area contributed by atoms with Gasteiger partial charge in [-0.1, -0.05) is 20.8 Å². The van der Waals surface area contributed by atoms with Gasteiger partial charge in [-0.3, -0.25) is 18.9 Å². The number of aromatic nitrogens is 2. The normalized spacial score (nSPS) is 25.6. The van der Waals surface area contributed by atoms with Crippen molar-refractivity contribution < 1.29 is 65.1 Å². The first kappa shape index (κ1) is 33.7. The SMILES string of the molecule is CC(C)(C)[Si](C)(C)O[C@H]1[C@@H](OC(N)=O)[C@H](n2ccc(=O)[nH]c2=O)O[C@@H]1COP(=O)(O)OP(=O)(O)OP(=O)(O)O. The van der Waals surface area contributed by atoms with Crippen LogP contribution in [0.2, 0.25) is 18.1 Å². The molecule has 224 valence electrons. The number of H-pyrrole nitrogens is 1. The highest BCUT2D eigenvalue weighted by atomic mass is 31.3. The van der Waals surface area contributed by atoms with Crippen LogP contribution in [0.3, 0.4) is 0 Å². The highest BCUT2D eigenvalue weighted by Gasteiger charge is 2.54. The van der Waals surface area contributed by atoms with Crippen LogP contribution in [0, 0.1) is 0 Å².